The van der Waals surface area contributed by atoms with Gasteiger partial charge in [-0.1, -0.05) is 36.4 Å². The summed E-state index contributed by atoms with van der Waals surface area (Å²) in [6, 6.07) is 6.36. The van der Waals surface area contributed by atoms with Crippen LogP contribution in [0.3, 0.4) is 0 Å². The Morgan fingerprint density at radius 2 is 1.94 bits per heavy atom. The SMILES string of the molecule is O=C(NCC1(C2C=CC=CC2)CCN(S(=O)(=O)N2CCOC2=O)CC1)c1ccccc1O. The maximum Gasteiger partial charge on any atom is 0.424 e. The van der Waals surface area contributed by atoms with E-state index in [1.165, 1.54) is 10.4 Å². The van der Waals surface area contributed by atoms with E-state index in [1.54, 1.807) is 18.2 Å². The fourth-order valence-electron chi connectivity index (χ4n) is 4.62. The molecule has 2 fully saturated rings. The zero-order chi connectivity index (χ0) is 22.8. The van der Waals surface area contributed by atoms with Gasteiger partial charge < -0.3 is 15.2 Å². The van der Waals surface area contributed by atoms with Crippen LogP contribution in [0.1, 0.15) is 29.6 Å². The predicted octanol–water partition coefficient (Wildman–Crippen LogP) is 2.03. The highest BCUT2D eigenvalue weighted by Gasteiger charge is 2.45. The van der Waals surface area contributed by atoms with Crippen molar-refractivity contribution in [2.45, 2.75) is 19.3 Å². The Morgan fingerprint density at radius 1 is 1.19 bits per heavy atom. The number of amides is 2. The molecule has 0 spiro atoms. The third-order valence-electron chi connectivity index (χ3n) is 6.56. The van der Waals surface area contributed by atoms with E-state index in [-0.39, 0.29) is 54.8 Å². The van der Waals surface area contributed by atoms with Crippen LogP contribution in [0.5, 0.6) is 5.75 Å². The summed E-state index contributed by atoms with van der Waals surface area (Å²) in [4.78, 5) is 24.5. The van der Waals surface area contributed by atoms with Crippen molar-refractivity contribution in [1.82, 2.24) is 13.9 Å². The maximum atomic E-state index is 12.9. The van der Waals surface area contributed by atoms with Crippen LogP contribution in [-0.2, 0) is 14.9 Å². The molecule has 1 aromatic rings. The molecule has 1 unspecified atom stereocenters. The number of nitrogens with zero attached hydrogens (tertiary/aromatic N) is 2. The van der Waals surface area contributed by atoms with E-state index < -0.39 is 16.3 Å². The number of para-hydroxylation sites is 1. The molecule has 0 bridgehead atoms. The number of phenols is 1. The van der Waals surface area contributed by atoms with Crippen molar-refractivity contribution in [3.8, 4) is 5.75 Å². The van der Waals surface area contributed by atoms with E-state index in [9.17, 15) is 23.1 Å². The quantitative estimate of drug-likeness (QED) is 0.670. The highest BCUT2D eigenvalue weighted by molar-refractivity contribution is 7.87. The van der Waals surface area contributed by atoms with Gasteiger partial charge in [-0.3, -0.25) is 4.79 Å². The molecule has 9 nitrogen and oxygen atoms in total. The van der Waals surface area contributed by atoms with Crippen LogP contribution in [0.2, 0.25) is 0 Å². The van der Waals surface area contributed by atoms with Crippen LogP contribution >= 0.6 is 0 Å². The van der Waals surface area contributed by atoms with Gasteiger partial charge >= 0.3 is 16.3 Å². The lowest BCUT2D eigenvalue weighted by atomic mass is 9.66. The number of aromatic hydroxyl groups is 1. The number of cyclic esters (lactones) is 1. The number of hydrogen-bond acceptors (Lipinski definition) is 6. The fraction of sp³-hybridized carbons (Fsp3) is 0.455. The summed E-state index contributed by atoms with van der Waals surface area (Å²) in [6.45, 7) is 0.922. The number of piperidine rings is 1. The van der Waals surface area contributed by atoms with Crippen molar-refractivity contribution in [2.75, 3.05) is 32.8 Å². The van der Waals surface area contributed by atoms with Gasteiger partial charge in [0.2, 0.25) is 0 Å². The monoisotopic (exact) mass is 461 g/mol. The number of ether oxygens (including phenoxy) is 1. The van der Waals surface area contributed by atoms with Gasteiger partial charge in [-0.15, -0.1) is 0 Å². The molecule has 10 heteroatoms. The molecule has 1 atom stereocenters. The molecule has 1 aromatic carbocycles. The second-order valence-electron chi connectivity index (χ2n) is 8.31. The number of allylic oxidation sites excluding steroid dienone is 4. The number of phenolic OH excluding ortho intramolecular Hbond substituents is 1. The number of nitrogens with one attached hydrogen (secondary N) is 1. The molecule has 3 aliphatic rings. The van der Waals surface area contributed by atoms with Crippen LogP contribution < -0.4 is 5.32 Å². The van der Waals surface area contributed by atoms with Crippen LogP contribution in [0.4, 0.5) is 4.79 Å². The Hall–Kier alpha value is -2.85. The van der Waals surface area contributed by atoms with Gasteiger partial charge in [0.25, 0.3) is 5.91 Å². The van der Waals surface area contributed by atoms with E-state index in [0.717, 1.165) is 10.7 Å². The van der Waals surface area contributed by atoms with Crippen LogP contribution in [0.15, 0.2) is 48.6 Å². The summed E-state index contributed by atoms with van der Waals surface area (Å²) in [7, 11) is -3.93. The first kappa shape index (κ1) is 22.3. The summed E-state index contributed by atoms with van der Waals surface area (Å²) in [5, 5.41) is 12.9. The van der Waals surface area contributed by atoms with Gasteiger partial charge in [0.15, 0.2) is 0 Å². The number of rotatable bonds is 6. The lowest BCUT2D eigenvalue weighted by Gasteiger charge is -2.46. The molecule has 32 heavy (non-hydrogen) atoms. The molecule has 2 N–H and O–H groups in total. The maximum absolute atomic E-state index is 12.9. The molecule has 0 radical (unpaired) electrons. The summed E-state index contributed by atoms with van der Waals surface area (Å²) in [6.07, 6.45) is 9.14. The zero-order valence-electron chi connectivity index (χ0n) is 17.6. The molecular weight excluding hydrogens is 434 g/mol. The van der Waals surface area contributed by atoms with Gasteiger partial charge in [0.1, 0.15) is 12.4 Å². The van der Waals surface area contributed by atoms with E-state index in [2.05, 4.69) is 17.5 Å². The molecule has 1 aliphatic carbocycles. The first-order chi connectivity index (χ1) is 15.3. The lowest BCUT2D eigenvalue weighted by molar-refractivity contribution is 0.0785. The summed E-state index contributed by atoms with van der Waals surface area (Å²) >= 11 is 0. The molecule has 2 amide bonds. The Labute approximate surface area is 187 Å². The number of carbonyl (C=O) groups excluding carboxylic acids is 2. The van der Waals surface area contributed by atoms with Gasteiger partial charge in [0.05, 0.1) is 12.1 Å². The van der Waals surface area contributed by atoms with E-state index in [0.29, 0.717) is 19.4 Å². The average Bonchev–Trinajstić information content (AvgIpc) is 3.25. The predicted molar refractivity (Wildman–Crippen MR) is 117 cm³/mol. The molecule has 2 saturated heterocycles. The fourth-order valence-corrected chi connectivity index (χ4v) is 6.09. The third-order valence-corrected chi connectivity index (χ3v) is 8.47. The highest BCUT2D eigenvalue weighted by Crippen LogP contribution is 2.43. The first-order valence-corrected chi connectivity index (χ1v) is 12.1. The van der Waals surface area contributed by atoms with E-state index >= 15 is 0 Å². The normalized spacial score (nSPS) is 23.2. The van der Waals surface area contributed by atoms with Crippen LogP contribution in [0, 0.1) is 11.3 Å². The number of carbonyl (C=O) groups is 2. The van der Waals surface area contributed by atoms with Gasteiger partial charge in [-0.2, -0.15) is 17.0 Å². The minimum atomic E-state index is -3.93. The summed E-state index contributed by atoms with van der Waals surface area (Å²) in [5.41, 5.74) is -0.145. The standard InChI is InChI=1S/C22H27N3O6S/c26-19-9-5-4-8-18(19)20(27)23-16-22(17-6-2-1-3-7-17)10-12-24(13-11-22)32(29,30)25-14-15-31-21(25)28/h1-6,8-9,17,26H,7,10-16H2,(H,23,27). The molecule has 0 saturated carbocycles. The van der Waals surface area contributed by atoms with Crippen LogP contribution in [-0.4, -0.2) is 66.9 Å². The van der Waals surface area contributed by atoms with Crippen molar-refractivity contribution in [2.24, 2.45) is 11.3 Å². The highest BCUT2D eigenvalue weighted by atomic mass is 32.2. The molecule has 0 aromatic heterocycles. The lowest BCUT2D eigenvalue weighted by Crippen LogP contribution is -2.53. The van der Waals surface area contributed by atoms with Crippen molar-refractivity contribution in [3.05, 3.63) is 54.1 Å². The van der Waals surface area contributed by atoms with E-state index in [1.807, 2.05) is 12.2 Å². The van der Waals surface area contributed by atoms with Gasteiger partial charge in [-0.25, -0.2) is 4.79 Å². The van der Waals surface area contributed by atoms with Crippen LogP contribution in [0.25, 0.3) is 0 Å². The third kappa shape index (κ3) is 4.24. The molecular formula is C22H27N3O6S. The average molecular weight is 462 g/mol. The summed E-state index contributed by atoms with van der Waals surface area (Å²) < 4.78 is 32.7. The van der Waals surface area contributed by atoms with Crippen molar-refractivity contribution < 1.29 is 27.9 Å². The Balaban J connectivity index is 1.49. The molecule has 172 valence electrons. The Kier molecular flexibility index (Phi) is 6.25. The first-order valence-electron chi connectivity index (χ1n) is 10.7. The second kappa shape index (κ2) is 8.95. The topological polar surface area (TPSA) is 116 Å². The Bertz CT molecular complexity index is 1040. The molecule has 2 aliphatic heterocycles. The minimum Gasteiger partial charge on any atom is -0.507 e. The summed E-state index contributed by atoms with van der Waals surface area (Å²) in [5.74, 6) is -0.315. The largest absolute Gasteiger partial charge is 0.507 e. The second-order valence-corrected chi connectivity index (χ2v) is 10.2. The van der Waals surface area contributed by atoms with Gasteiger partial charge in [0, 0.05) is 19.6 Å². The number of benzene rings is 1. The van der Waals surface area contributed by atoms with Crippen molar-refractivity contribution in [1.29, 1.82) is 0 Å². The zero-order valence-corrected chi connectivity index (χ0v) is 18.5. The number of hydrogen-bond donors (Lipinski definition) is 2. The molecule has 2 heterocycles. The van der Waals surface area contributed by atoms with E-state index in [4.69, 9.17) is 4.74 Å². The van der Waals surface area contributed by atoms with Gasteiger partial charge in [-0.05, 0) is 42.7 Å². The van der Waals surface area contributed by atoms with Crippen molar-refractivity contribution in [3.63, 3.8) is 0 Å². The van der Waals surface area contributed by atoms with Crippen molar-refractivity contribution >= 4 is 22.2 Å². The Morgan fingerprint density at radius 3 is 2.56 bits per heavy atom. The smallest absolute Gasteiger partial charge is 0.424 e. The minimum absolute atomic E-state index is 0.0234. The molecule has 4 rings (SSSR count).